The van der Waals surface area contributed by atoms with Crippen LogP contribution in [0.5, 0.6) is 0 Å². The first-order valence-corrected chi connectivity index (χ1v) is 7.53. The van der Waals surface area contributed by atoms with Gasteiger partial charge in [0.25, 0.3) is 0 Å². The number of aliphatic hydroxyl groups is 1. The highest BCUT2D eigenvalue weighted by atomic mass is 32.1. The van der Waals surface area contributed by atoms with E-state index in [4.69, 9.17) is 10.8 Å². The summed E-state index contributed by atoms with van der Waals surface area (Å²) in [4.78, 5) is 1.96. The van der Waals surface area contributed by atoms with Gasteiger partial charge in [0.2, 0.25) is 0 Å². The molecule has 0 aliphatic heterocycles. The highest BCUT2D eigenvalue weighted by molar-refractivity contribution is 7.12. The van der Waals surface area contributed by atoms with E-state index < -0.39 is 12.4 Å². The molecule has 0 aliphatic carbocycles. The average molecular weight is 320 g/mol. The van der Waals surface area contributed by atoms with E-state index in [1.54, 1.807) is 19.1 Å². The number of aliphatic hydroxyl groups excluding tert-OH is 1. The number of hydroxylamine groups is 2. The molecule has 2 rings (SSSR count). The van der Waals surface area contributed by atoms with Crippen molar-refractivity contribution < 1.29 is 14.7 Å². The maximum Gasteiger partial charge on any atom is 0.183 e. The van der Waals surface area contributed by atoms with E-state index >= 15 is 0 Å². The van der Waals surface area contributed by atoms with Crippen LogP contribution in [-0.2, 0) is 6.42 Å². The summed E-state index contributed by atoms with van der Waals surface area (Å²) >= 11 is 1.53. The van der Waals surface area contributed by atoms with Gasteiger partial charge in [0.15, 0.2) is 6.35 Å². The van der Waals surface area contributed by atoms with Gasteiger partial charge in [0.1, 0.15) is 5.82 Å². The number of rotatable bonds is 4. The zero-order valence-electron chi connectivity index (χ0n) is 12.0. The number of benzene rings is 1. The summed E-state index contributed by atoms with van der Waals surface area (Å²) in [5.74, 6) is 5.50. The van der Waals surface area contributed by atoms with Gasteiger partial charge in [0.05, 0.1) is 10.9 Å². The molecule has 1 aromatic carbocycles. The molecule has 0 amide bonds. The van der Waals surface area contributed by atoms with Crippen molar-refractivity contribution in [1.82, 2.24) is 5.06 Å². The Morgan fingerprint density at radius 3 is 2.59 bits per heavy atom. The van der Waals surface area contributed by atoms with Crippen LogP contribution in [0.2, 0.25) is 0 Å². The molecule has 0 saturated carbocycles. The van der Waals surface area contributed by atoms with Crippen molar-refractivity contribution in [1.29, 1.82) is 0 Å². The molecule has 116 valence electrons. The van der Waals surface area contributed by atoms with E-state index in [0.717, 1.165) is 21.7 Å². The molecular weight excluding hydrogens is 303 g/mol. The molecule has 0 spiro atoms. The number of nitrogens with two attached hydrogens (primary N) is 1. The molecule has 2 aromatic rings. The van der Waals surface area contributed by atoms with Crippen LogP contribution in [0.4, 0.5) is 4.39 Å². The van der Waals surface area contributed by atoms with Crippen LogP contribution in [-0.4, -0.2) is 27.8 Å². The van der Waals surface area contributed by atoms with E-state index in [9.17, 15) is 9.60 Å². The molecular formula is C16H17FN2O2S. The second kappa shape index (κ2) is 7.49. The fourth-order valence-corrected chi connectivity index (χ4v) is 2.72. The summed E-state index contributed by atoms with van der Waals surface area (Å²) in [6.07, 6.45) is -0.739. The first-order valence-electron chi connectivity index (χ1n) is 6.71. The zero-order valence-corrected chi connectivity index (χ0v) is 12.8. The Labute approximate surface area is 132 Å². The molecule has 0 bridgehead atoms. The first-order chi connectivity index (χ1) is 10.5. The van der Waals surface area contributed by atoms with Crippen LogP contribution in [0.3, 0.4) is 0 Å². The summed E-state index contributed by atoms with van der Waals surface area (Å²) in [5, 5.41) is 19.0. The third-order valence-electron chi connectivity index (χ3n) is 3.03. The molecule has 2 atom stereocenters. The minimum atomic E-state index is -1.46. The minimum Gasteiger partial charge on any atom is -0.364 e. The van der Waals surface area contributed by atoms with Crippen molar-refractivity contribution >= 4 is 11.3 Å². The summed E-state index contributed by atoms with van der Waals surface area (Å²) < 4.78 is 12.9. The van der Waals surface area contributed by atoms with E-state index in [1.165, 1.54) is 23.5 Å². The quantitative estimate of drug-likeness (QED) is 0.459. The summed E-state index contributed by atoms with van der Waals surface area (Å²) in [6.45, 7) is 1.64. The molecule has 6 heteroatoms. The van der Waals surface area contributed by atoms with E-state index in [2.05, 4.69) is 11.8 Å². The van der Waals surface area contributed by atoms with Crippen LogP contribution in [0, 0.1) is 17.7 Å². The molecule has 1 heterocycles. The third-order valence-corrected chi connectivity index (χ3v) is 4.03. The van der Waals surface area contributed by atoms with E-state index in [-0.39, 0.29) is 5.82 Å². The third kappa shape index (κ3) is 4.63. The maximum atomic E-state index is 12.9. The molecule has 0 saturated heterocycles. The summed E-state index contributed by atoms with van der Waals surface area (Å²) in [6, 6.07) is 9.69. The van der Waals surface area contributed by atoms with Gasteiger partial charge in [-0.25, -0.2) is 4.39 Å². The number of nitrogens with zero attached hydrogens (tertiary/aromatic N) is 1. The SMILES string of the molecule is C[C@H](C#Cc1ccc(Cc2ccc(F)cc2)s1)N(O)C(N)O. The summed E-state index contributed by atoms with van der Waals surface area (Å²) in [5.41, 5.74) is 6.18. The molecule has 0 radical (unpaired) electrons. The Balaban J connectivity index is 2.01. The molecule has 4 N–H and O–H groups in total. The van der Waals surface area contributed by atoms with E-state index in [0.29, 0.717) is 5.06 Å². The van der Waals surface area contributed by atoms with Crippen LogP contribution in [0.15, 0.2) is 36.4 Å². The Morgan fingerprint density at radius 1 is 1.27 bits per heavy atom. The molecule has 1 unspecified atom stereocenters. The normalized spacial score (nSPS) is 13.5. The number of hydrogen-bond acceptors (Lipinski definition) is 5. The molecule has 22 heavy (non-hydrogen) atoms. The Hall–Kier alpha value is -1.75. The second-order valence-electron chi connectivity index (χ2n) is 4.81. The highest BCUT2D eigenvalue weighted by Crippen LogP contribution is 2.19. The number of halogens is 1. The van der Waals surface area contributed by atoms with Gasteiger partial charge in [-0.3, -0.25) is 5.73 Å². The van der Waals surface area contributed by atoms with Gasteiger partial charge in [-0.15, -0.1) is 16.4 Å². The Bertz CT molecular complexity index is 673. The first kappa shape index (κ1) is 16.6. The van der Waals surface area contributed by atoms with Crippen molar-refractivity contribution in [2.24, 2.45) is 5.73 Å². The lowest BCUT2D eigenvalue weighted by Gasteiger charge is -2.20. The van der Waals surface area contributed by atoms with Gasteiger partial charge in [-0.1, -0.05) is 24.0 Å². The standard InChI is InChI=1S/C16H17FN2O2S/c1-11(19(21)16(18)20)2-7-14-8-9-15(22-14)10-12-3-5-13(17)6-4-12/h3-6,8-9,11,16,20-21H,10,18H2,1H3/t11-,16?/m1/s1. The molecule has 0 aliphatic rings. The smallest absolute Gasteiger partial charge is 0.183 e. The Kier molecular flexibility index (Phi) is 5.66. The van der Waals surface area contributed by atoms with Crippen LogP contribution in [0.1, 0.15) is 22.2 Å². The summed E-state index contributed by atoms with van der Waals surface area (Å²) in [7, 11) is 0. The van der Waals surface area contributed by atoms with Gasteiger partial charge < -0.3 is 10.3 Å². The Morgan fingerprint density at radius 2 is 1.95 bits per heavy atom. The van der Waals surface area contributed by atoms with Crippen LogP contribution < -0.4 is 5.73 Å². The monoisotopic (exact) mass is 320 g/mol. The molecule has 0 fully saturated rings. The average Bonchev–Trinajstić information content (AvgIpc) is 2.94. The minimum absolute atomic E-state index is 0.244. The highest BCUT2D eigenvalue weighted by Gasteiger charge is 2.13. The molecule has 1 aromatic heterocycles. The fraction of sp³-hybridized carbons (Fsp3) is 0.250. The van der Waals surface area contributed by atoms with Crippen molar-refractivity contribution in [2.45, 2.75) is 25.7 Å². The largest absolute Gasteiger partial charge is 0.364 e. The molecule has 4 nitrogen and oxygen atoms in total. The predicted octanol–water partition coefficient (Wildman–Crippen LogP) is 2.14. The van der Waals surface area contributed by atoms with Gasteiger partial charge in [0, 0.05) is 11.3 Å². The van der Waals surface area contributed by atoms with Gasteiger partial charge in [-0.05, 0) is 36.8 Å². The van der Waals surface area contributed by atoms with E-state index in [1.807, 2.05) is 12.1 Å². The topological polar surface area (TPSA) is 69.7 Å². The second-order valence-corrected chi connectivity index (χ2v) is 5.98. The van der Waals surface area contributed by atoms with Crippen molar-refractivity contribution in [3.8, 4) is 11.8 Å². The predicted molar refractivity (Wildman–Crippen MR) is 83.7 cm³/mol. The lowest BCUT2D eigenvalue weighted by Crippen LogP contribution is -2.44. The lowest BCUT2D eigenvalue weighted by molar-refractivity contribution is -0.205. The van der Waals surface area contributed by atoms with Gasteiger partial charge in [-0.2, -0.15) is 0 Å². The number of hydrogen-bond donors (Lipinski definition) is 3. The maximum absolute atomic E-state index is 12.9. The lowest BCUT2D eigenvalue weighted by atomic mass is 10.1. The van der Waals surface area contributed by atoms with Gasteiger partial charge >= 0.3 is 0 Å². The van der Waals surface area contributed by atoms with Crippen molar-refractivity contribution in [3.63, 3.8) is 0 Å². The van der Waals surface area contributed by atoms with Crippen LogP contribution in [0.25, 0.3) is 0 Å². The van der Waals surface area contributed by atoms with Crippen molar-refractivity contribution in [3.05, 3.63) is 57.5 Å². The fourth-order valence-electron chi connectivity index (χ4n) is 1.81. The number of thiophene rings is 1. The van der Waals surface area contributed by atoms with Crippen molar-refractivity contribution in [2.75, 3.05) is 0 Å². The van der Waals surface area contributed by atoms with Crippen LogP contribution >= 0.6 is 11.3 Å². The zero-order chi connectivity index (χ0) is 16.1.